The van der Waals surface area contributed by atoms with Gasteiger partial charge in [0.1, 0.15) is 0 Å². The molecule has 9 heavy (non-hydrogen) atoms. The van der Waals surface area contributed by atoms with E-state index in [0.29, 0.717) is 6.04 Å². The molecule has 2 heterocycles. The molecule has 0 aromatic carbocycles. The number of rotatable bonds is 1. The molecule has 3 fully saturated rings. The molecule has 0 aromatic rings. The lowest BCUT2D eigenvalue weighted by Crippen LogP contribution is -2.46. The summed E-state index contributed by atoms with van der Waals surface area (Å²) < 4.78 is 0. The lowest BCUT2D eigenvalue weighted by atomic mass is 9.70. The lowest BCUT2D eigenvalue weighted by Gasteiger charge is -2.37. The Morgan fingerprint density at radius 3 is 2.67 bits per heavy atom. The monoisotopic (exact) mass is 126 g/mol. The Bertz CT molecular complexity index is 108. The summed E-state index contributed by atoms with van der Waals surface area (Å²) in [6, 6.07) is 1.18. The molecular weight excluding hydrogens is 112 g/mol. The lowest BCUT2D eigenvalue weighted by molar-refractivity contribution is 0.185. The van der Waals surface area contributed by atoms with Crippen LogP contribution < -0.4 is 11.1 Å². The molecule has 1 aliphatic carbocycles. The van der Waals surface area contributed by atoms with Crippen LogP contribution in [0.25, 0.3) is 0 Å². The molecule has 0 amide bonds. The Morgan fingerprint density at radius 2 is 2.44 bits per heavy atom. The van der Waals surface area contributed by atoms with Crippen molar-refractivity contribution in [1.29, 1.82) is 0 Å². The van der Waals surface area contributed by atoms with Gasteiger partial charge in [0.25, 0.3) is 0 Å². The van der Waals surface area contributed by atoms with Gasteiger partial charge in [-0.2, -0.15) is 0 Å². The average molecular weight is 126 g/mol. The highest BCUT2D eigenvalue weighted by Gasteiger charge is 2.47. The van der Waals surface area contributed by atoms with Crippen LogP contribution in [0.15, 0.2) is 0 Å². The van der Waals surface area contributed by atoms with E-state index in [1.54, 1.807) is 0 Å². The molecule has 0 spiro atoms. The third kappa shape index (κ3) is 0.634. The van der Waals surface area contributed by atoms with Crippen molar-refractivity contribution in [1.82, 2.24) is 5.32 Å². The summed E-state index contributed by atoms with van der Waals surface area (Å²) in [5.41, 5.74) is 5.78. The second-order valence-electron chi connectivity index (χ2n) is 3.45. The van der Waals surface area contributed by atoms with Gasteiger partial charge in [0, 0.05) is 12.1 Å². The van der Waals surface area contributed by atoms with Crippen molar-refractivity contribution in [3.63, 3.8) is 0 Å². The first kappa shape index (κ1) is 5.69. The Labute approximate surface area is 55.8 Å². The van der Waals surface area contributed by atoms with Crippen LogP contribution in [0.1, 0.15) is 13.3 Å². The Kier molecular flexibility index (Phi) is 1.08. The fourth-order valence-corrected chi connectivity index (χ4v) is 2.31. The first-order chi connectivity index (χ1) is 4.29. The molecule has 2 aliphatic heterocycles. The third-order valence-electron chi connectivity index (χ3n) is 2.81. The maximum absolute atomic E-state index is 5.78. The Morgan fingerprint density at radius 1 is 1.67 bits per heavy atom. The molecule has 3 rings (SSSR count). The first-order valence-corrected chi connectivity index (χ1v) is 3.78. The quantitative estimate of drug-likeness (QED) is 0.516. The molecular formula is C7H14N2. The zero-order valence-electron chi connectivity index (χ0n) is 5.80. The highest BCUT2D eigenvalue weighted by molar-refractivity contribution is 5.04. The summed E-state index contributed by atoms with van der Waals surface area (Å²) >= 11 is 0. The third-order valence-corrected chi connectivity index (χ3v) is 2.81. The Hall–Kier alpha value is -0.0800. The van der Waals surface area contributed by atoms with E-state index in [0.717, 1.165) is 17.9 Å². The zero-order chi connectivity index (χ0) is 6.43. The molecule has 3 aliphatic rings. The summed E-state index contributed by atoms with van der Waals surface area (Å²) in [7, 11) is 0. The van der Waals surface area contributed by atoms with Gasteiger partial charge in [0.05, 0.1) is 0 Å². The SMILES string of the molecule is CC(N)C1C2CNC1C2. The fourth-order valence-electron chi connectivity index (χ4n) is 2.31. The van der Waals surface area contributed by atoms with Crippen molar-refractivity contribution in [3.05, 3.63) is 0 Å². The molecule has 2 saturated heterocycles. The molecule has 1 saturated carbocycles. The summed E-state index contributed by atoms with van der Waals surface area (Å²) in [6.45, 7) is 3.34. The first-order valence-electron chi connectivity index (χ1n) is 3.78. The summed E-state index contributed by atoms with van der Waals surface area (Å²) in [4.78, 5) is 0. The average Bonchev–Trinajstić information content (AvgIpc) is 2.13. The van der Waals surface area contributed by atoms with Gasteiger partial charge in [-0.05, 0) is 31.7 Å². The summed E-state index contributed by atoms with van der Waals surface area (Å²) in [6.07, 6.45) is 1.38. The Balaban J connectivity index is 2.02. The number of nitrogens with one attached hydrogen (secondary N) is 1. The predicted octanol–water partition coefficient (Wildman–Crippen LogP) is -0.0585. The van der Waals surface area contributed by atoms with Crippen LogP contribution in [0, 0.1) is 11.8 Å². The van der Waals surface area contributed by atoms with Gasteiger partial charge in [-0.1, -0.05) is 0 Å². The normalized spacial score (nSPS) is 50.7. The van der Waals surface area contributed by atoms with E-state index < -0.39 is 0 Å². The topological polar surface area (TPSA) is 38.0 Å². The standard InChI is InChI=1S/C7H14N2/c1-4(8)7-5-2-6(7)9-3-5/h4-7,9H,2-3,8H2,1H3. The molecule has 0 radical (unpaired) electrons. The van der Waals surface area contributed by atoms with Crippen LogP contribution in [0.5, 0.6) is 0 Å². The molecule has 52 valence electrons. The van der Waals surface area contributed by atoms with Gasteiger partial charge in [-0.15, -0.1) is 0 Å². The predicted molar refractivity (Wildman–Crippen MR) is 37.0 cm³/mol. The molecule has 4 unspecified atom stereocenters. The minimum Gasteiger partial charge on any atom is -0.328 e. The molecule has 4 atom stereocenters. The van der Waals surface area contributed by atoms with Crippen LogP contribution in [-0.2, 0) is 0 Å². The van der Waals surface area contributed by atoms with Crippen molar-refractivity contribution in [2.75, 3.05) is 6.54 Å². The number of hydrogen-bond acceptors (Lipinski definition) is 2. The van der Waals surface area contributed by atoms with E-state index in [1.165, 1.54) is 13.0 Å². The van der Waals surface area contributed by atoms with Crippen LogP contribution in [0.2, 0.25) is 0 Å². The van der Waals surface area contributed by atoms with Crippen molar-refractivity contribution in [2.24, 2.45) is 17.6 Å². The van der Waals surface area contributed by atoms with Gasteiger partial charge in [-0.3, -0.25) is 0 Å². The fraction of sp³-hybridized carbons (Fsp3) is 1.00. The van der Waals surface area contributed by atoms with Crippen molar-refractivity contribution >= 4 is 0 Å². The van der Waals surface area contributed by atoms with E-state index in [2.05, 4.69) is 12.2 Å². The molecule has 0 aromatic heterocycles. The van der Waals surface area contributed by atoms with Gasteiger partial charge in [0.15, 0.2) is 0 Å². The van der Waals surface area contributed by atoms with Crippen molar-refractivity contribution < 1.29 is 0 Å². The molecule has 3 N–H and O–H groups in total. The zero-order valence-corrected chi connectivity index (χ0v) is 5.80. The van der Waals surface area contributed by atoms with Gasteiger partial charge in [-0.25, -0.2) is 0 Å². The van der Waals surface area contributed by atoms with Gasteiger partial charge < -0.3 is 11.1 Å². The largest absolute Gasteiger partial charge is 0.328 e. The van der Waals surface area contributed by atoms with Gasteiger partial charge >= 0.3 is 0 Å². The second kappa shape index (κ2) is 1.70. The highest BCUT2D eigenvalue weighted by Crippen LogP contribution is 2.41. The van der Waals surface area contributed by atoms with Crippen LogP contribution in [0.3, 0.4) is 0 Å². The minimum absolute atomic E-state index is 0.406. The van der Waals surface area contributed by atoms with Crippen molar-refractivity contribution in [2.45, 2.75) is 25.4 Å². The number of nitrogens with two attached hydrogens (primary N) is 1. The summed E-state index contributed by atoms with van der Waals surface area (Å²) in [5.74, 6) is 1.71. The molecule has 2 heteroatoms. The second-order valence-corrected chi connectivity index (χ2v) is 3.45. The maximum atomic E-state index is 5.78. The van der Waals surface area contributed by atoms with E-state index in [9.17, 15) is 0 Å². The van der Waals surface area contributed by atoms with Crippen LogP contribution in [0.4, 0.5) is 0 Å². The van der Waals surface area contributed by atoms with E-state index in [-0.39, 0.29) is 0 Å². The van der Waals surface area contributed by atoms with E-state index >= 15 is 0 Å². The minimum atomic E-state index is 0.406. The highest BCUT2D eigenvalue weighted by atomic mass is 15.0. The van der Waals surface area contributed by atoms with E-state index in [1.807, 2.05) is 0 Å². The molecule has 2 nitrogen and oxygen atoms in total. The maximum Gasteiger partial charge on any atom is 0.0116 e. The van der Waals surface area contributed by atoms with Crippen LogP contribution in [-0.4, -0.2) is 18.6 Å². The van der Waals surface area contributed by atoms with Gasteiger partial charge in [0.2, 0.25) is 0 Å². The number of fused-ring (bicyclic) bond motifs is 1. The summed E-state index contributed by atoms with van der Waals surface area (Å²) in [5, 5.41) is 3.44. The molecule has 2 bridgehead atoms. The van der Waals surface area contributed by atoms with E-state index in [4.69, 9.17) is 5.73 Å². The van der Waals surface area contributed by atoms with Crippen molar-refractivity contribution in [3.8, 4) is 0 Å². The number of hydrogen-bond donors (Lipinski definition) is 2. The smallest absolute Gasteiger partial charge is 0.0116 e. The van der Waals surface area contributed by atoms with Crippen LogP contribution >= 0.6 is 0 Å².